The summed E-state index contributed by atoms with van der Waals surface area (Å²) < 4.78 is 32.7. The SMILES string of the molecule is C=C(N=C/C(=C\C)C(F)F)n1nnc(C)c1COc1ccc(-c2ccc(N)nc2)nn1. The second kappa shape index (κ2) is 9.65. The van der Waals surface area contributed by atoms with Crippen LogP contribution in [0.5, 0.6) is 5.88 Å². The molecule has 0 unspecified atom stereocenters. The second-order valence-corrected chi connectivity index (χ2v) is 6.31. The Labute approximate surface area is 177 Å². The summed E-state index contributed by atoms with van der Waals surface area (Å²) in [5, 5.41) is 16.1. The zero-order valence-corrected chi connectivity index (χ0v) is 16.9. The van der Waals surface area contributed by atoms with E-state index in [2.05, 4.69) is 37.1 Å². The minimum absolute atomic E-state index is 0.0517. The van der Waals surface area contributed by atoms with Crippen LogP contribution in [-0.4, -0.2) is 42.8 Å². The normalized spacial score (nSPS) is 12.0. The number of rotatable bonds is 8. The van der Waals surface area contributed by atoms with Crippen LogP contribution in [-0.2, 0) is 6.61 Å². The Hall–Kier alpha value is -4.02. The van der Waals surface area contributed by atoms with E-state index in [0.29, 0.717) is 22.9 Å². The minimum Gasteiger partial charge on any atom is -0.470 e. The molecule has 2 N–H and O–H groups in total. The van der Waals surface area contributed by atoms with Gasteiger partial charge in [0.2, 0.25) is 5.88 Å². The Kier molecular flexibility index (Phi) is 6.75. The molecule has 0 aliphatic heterocycles. The molecule has 3 rings (SSSR count). The molecule has 0 fully saturated rings. The fraction of sp³-hybridized carbons (Fsp3) is 0.200. The number of alkyl halides is 2. The molecule has 0 aromatic carbocycles. The van der Waals surface area contributed by atoms with Gasteiger partial charge in [-0.2, -0.15) is 4.68 Å². The van der Waals surface area contributed by atoms with Gasteiger partial charge in [0.1, 0.15) is 23.9 Å². The molecule has 160 valence electrons. The van der Waals surface area contributed by atoms with Gasteiger partial charge in [-0.15, -0.1) is 15.3 Å². The van der Waals surface area contributed by atoms with Crippen LogP contribution in [0.4, 0.5) is 14.6 Å². The third kappa shape index (κ3) is 5.32. The molecule has 0 saturated carbocycles. The smallest absolute Gasteiger partial charge is 0.265 e. The summed E-state index contributed by atoms with van der Waals surface area (Å²) in [5.74, 6) is 0.818. The van der Waals surface area contributed by atoms with Crippen molar-refractivity contribution in [1.29, 1.82) is 0 Å². The zero-order valence-electron chi connectivity index (χ0n) is 16.9. The molecule has 0 aliphatic carbocycles. The lowest BCUT2D eigenvalue weighted by molar-refractivity contribution is 0.197. The maximum atomic E-state index is 12.8. The fourth-order valence-electron chi connectivity index (χ4n) is 2.46. The summed E-state index contributed by atoms with van der Waals surface area (Å²) in [6.45, 7) is 7.05. The Balaban J connectivity index is 1.70. The average molecular weight is 426 g/mol. The summed E-state index contributed by atoms with van der Waals surface area (Å²) >= 11 is 0. The molecule has 0 saturated heterocycles. The molecule has 3 aromatic heterocycles. The molecule has 0 aliphatic rings. The highest BCUT2D eigenvalue weighted by Gasteiger charge is 2.14. The van der Waals surface area contributed by atoms with Crippen molar-refractivity contribution in [3.8, 4) is 17.1 Å². The van der Waals surface area contributed by atoms with Gasteiger partial charge >= 0.3 is 0 Å². The van der Waals surface area contributed by atoms with E-state index in [1.807, 2.05) is 0 Å². The number of nitrogens with zero attached hydrogens (tertiary/aromatic N) is 7. The fourth-order valence-corrected chi connectivity index (χ4v) is 2.46. The van der Waals surface area contributed by atoms with Crippen LogP contribution in [0.1, 0.15) is 18.3 Å². The quantitative estimate of drug-likeness (QED) is 0.549. The van der Waals surface area contributed by atoms with E-state index in [-0.39, 0.29) is 23.9 Å². The van der Waals surface area contributed by atoms with Crippen LogP contribution in [0.15, 0.2) is 53.7 Å². The number of allylic oxidation sites excluding steroid dienone is 2. The maximum absolute atomic E-state index is 12.8. The van der Waals surface area contributed by atoms with Gasteiger partial charge in [-0.3, -0.25) is 0 Å². The van der Waals surface area contributed by atoms with Gasteiger partial charge in [0, 0.05) is 29.6 Å². The summed E-state index contributed by atoms with van der Waals surface area (Å²) in [5.41, 5.74) is 7.88. The van der Waals surface area contributed by atoms with Gasteiger partial charge in [0.15, 0.2) is 0 Å². The van der Waals surface area contributed by atoms with E-state index in [1.54, 1.807) is 37.4 Å². The Morgan fingerprint density at radius 3 is 2.68 bits per heavy atom. The average Bonchev–Trinajstić information content (AvgIpc) is 3.13. The van der Waals surface area contributed by atoms with Crippen molar-refractivity contribution in [3.63, 3.8) is 0 Å². The monoisotopic (exact) mass is 426 g/mol. The van der Waals surface area contributed by atoms with Gasteiger partial charge in [-0.25, -0.2) is 18.8 Å². The Bertz CT molecular complexity index is 1110. The van der Waals surface area contributed by atoms with Crippen molar-refractivity contribution in [2.75, 3.05) is 5.73 Å². The van der Waals surface area contributed by atoms with E-state index in [4.69, 9.17) is 10.5 Å². The van der Waals surface area contributed by atoms with Crippen LogP contribution in [0.25, 0.3) is 17.1 Å². The van der Waals surface area contributed by atoms with Crippen molar-refractivity contribution in [2.45, 2.75) is 26.9 Å². The van der Waals surface area contributed by atoms with E-state index < -0.39 is 6.43 Å². The lowest BCUT2D eigenvalue weighted by atomic mass is 10.2. The summed E-state index contributed by atoms with van der Waals surface area (Å²) in [4.78, 5) is 7.98. The standard InChI is InChI=1S/C20H20F2N8O/c1-4-14(20(21)22)9-24-13(3)30-17(12(2)26-29-30)11-31-19-8-6-16(27-28-19)15-5-7-18(23)25-10-15/h4-10,20H,3,11H2,1-2H3,(H2,23,25)/b14-4+,24-9?. The maximum Gasteiger partial charge on any atom is 0.265 e. The summed E-state index contributed by atoms with van der Waals surface area (Å²) in [6, 6.07) is 6.87. The Morgan fingerprint density at radius 2 is 2.06 bits per heavy atom. The van der Waals surface area contributed by atoms with Gasteiger partial charge < -0.3 is 10.5 Å². The molecule has 0 radical (unpaired) electrons. The van der Waals surface area contributed by atoms with Gasteiger partial charge in [-0.05, 0) is 32.0 Å². The van der Waals surface area contributed by atoms with Crippen molar-refractivity contribution in [1.82, 2.24) is 30.2 Å². The first-order valence-electron chi connectivity index (χ1n) is 9.16. The topological polar surface area (TPSA) is 117 Å². The van der Waals surface area contributed by atoms with Gasteiger partial charge in [0.05, 0.1) is 11.4 Å². The largest absolute Gasteiger partial charge is 0.470 e. The van der Waals surface area contributed by atoms with E-state index in [0.717, 1.165) is 11.8 Å². The molecule has 0 atom stereocenters. The molecule has 11 heteroatoms. The number of aryl methyl sites for hydroxylation is 1. The molecule has 31 heavy (non-hydrogen) atoms. The first kappa shape index (κ1) is 21.7. The molecule has 9 nitrogen and oxygen atoms in total. The highest BCUT2D eigenvalue weighted by Crippen LogP contribution is 2.19. The molecular weight excluding hydrogens is 406 g/mol. The number of aromatic nitrogens is 6. The lowest BCUT2D eigenvalue weighted by Crippen LogP contribution is -2.08. The lowest BCUT2D eigenvalue weighted by Gasteiger charge is -2.08. The van der Waals surface area contributed by atoms with E-state index in [1.165, 1.54) is 17.7 Å². The first-order chi connectivity index (χ1) is 14.9. The number of nitrogen functional groups attached to an aromatic ring is 1. The van der Waals surface area contributed by atoms with Crippen LogP contribution in [0.2, 0.25) is 0 Å². The number of anilines is 1. The Morgan fingerprint density at radius 1 is 1.26 bits per heavy atom. The number of pyridine rings is 1. The van der Waals surface area contributed by atoms with Crippen LogP contribution < -0.4 is 10.5 Å². The number of hydrogen-bond donors (Lipinski definition) is 1. The predicted octanol–water partition coefficient (Wildman–Crippen LogP) is 3.31. The first-order valence-corrected chi connectivity index (χ1v) is 9.16. The van der Waals surface area contributed by atoms with E-state index in [9.17, 15) is 8.78 Å². The molecule has 0 bridgehead atoms. The predicted molar refractivity (Wildman–Crippen MR) is 112 cm³/mol. The highest BCUT2D eigenvalue weighted by molar-refractivity contribution is 5.82. The van der Waals surface area contributed by atoms with Crippen molar-refractivity contribution in [3.05, 3.63) is 60.1 Å². The number of halogens is 2. The number of aliphatic imine (C=N–C) groups is 1. The minimum atomic E-state index is -2.63. The van der Waals surface area contributed by atoms with Crippen molar-refractivity contribution < 1.29 is 13.5 Å². The third-order valence-corrected chi connectivity index (χ3v) is 4.23. The number of hydrogen-bond acceptors (Lipinski definition) is 8. The van der Waals surface area contributed by atoms with Crippen molar-refractivity contribution >= 4 is 17.9 Å². The summed E-state index contributed by atoms with van der Waals surface area (Å²) in [7, 11) is 0. The zero-order chi connectivity index (χ0) is 22.4. The molecular formula is C20H20F2N8O. The highest BCUT2D eigenvalue weighted by atomic mass is 19.3. The van der Waals surface area contributed by atoms with Gasteiger partial charge in [0.25, 0.3) is 6.43 Å². The third-order valence-electron chi connectivity index (χ3n) is 4.23. The van der Waals surface area contributed by atoms with Gasteiger partial charge in [-0.1, -0.05) is 17.9 Å². The molecule has 3 heterocycles. The summed E-state index contributed by atoms with van der Waals surface area (Å²) in [6.07, 6.45) is 1.30. The van der Waals surface area contributed by atoms with Crippen LogP contribution in [0, 0.1) is 6.92 Å². The molecule has 3 aromatic rings. The van der Waals surface area contributed by atoms with Crippen LogP contribution >= 0.6 is 0 Å². The number of ether oxygens (including phenoxy) is 1. The molecule has 0 amide bonds. The van der Waals surface area contributed by atoms with Crippen LogP contribution in [0.3, 0.4) is 0 Å². The number of nitrogens with two attached hydrogens (primary N) is 1. The second-order valence-electron chi connectivity index (χ2n) is 6.31. The van der Waals surface area contributed by atoms with Crippen molar-refractivity contribution in [2.24, 2.45) is 4.99 Å². The molecule has 0 spiro atoms. The van der Waals surface area contributed by atoms with E-state index >= 15 is 0 Å².